The van der Waals surface area contributed by atoms with Crippen LogP contribution in [-0.2, 0) is 9.53 Å². The molecule has 2 aromatic heterocycles. The lowest BCUT2D eigenvalue weighted by molar-refractivity contribution is -0.294. The van der Waals surface area contributed by atoms with Crippen molar-refractivity contribution in [2.24, 2.45) is 5.92 Å². The molecule has 1 aromatic carbocycles. The number of aliphatic hydroxyl groups is 1. The number of hydrogen-bond acceptors (Lipinski definition) is 6. The smallest absolute Gasteiger partial charge is 0.437 e. The average Bonchev–Trinajstić information content (AvgIpc) is 3.43. The van der Waals surface area contributed by atoms with E-state index in [4.69, 9.17) is 4.74 Å². The zero-order valence-electron chi connectivity index (χ0n) is 17.2. The average molecular weight is 480 g/mol. The number of halogens is 3. The molecule has 1 aliphatic rings. The lowest BCUT2D eigenvalue weighted by Crippen LogP contribution is -2.73. The molecule has 2 amide bonds. The Morgan fingerprint density at radius 3 is 2.61 bits per heavy atom. The summed E-state index contributed by atoms with van der Waals surface area (Å²) in [6.45, 7) is 1.21. The summed E-state index contributed by atoms with van der Waals surface area (Å²) in [4.78, 5) is 25.6. The molecule has 12 heteroatoms. The molecular formula is C21H19F3N4O4S. The maximum absolute atomic E-state index is 14.0. The highest BCUT2D eigenvalue weighted by Gasteiger charge is 2.67. The quantitative estimate of drug-likeness (QED) is 0.486. The van der Waals surface area contributed by atoms with E-state index in [0.717, 1.165) is 0 Å². The number of para-hydroxylation sites is 1. The van der Waals surface area contributed by atoms with Gasteiger partial charge in [-0.05, 0) is 30.5 Å². The third kappa shape index (κ3) is 4.07. The fourth-order valence-corrected chi connectivity index (χ4v) is 4.46. The highest BCUT2D eigenvalue weighted by Crippen LogP contribution is 2.45. The van der Waals surface area contributed by atoms with E-state index in [1.807, 2.05) is 0 Å². The van der Waals surface area contributed by atoms with Crippen LogP contribution in [0.15, 0.2) is 54.0 Å². The van der Waals surface area contributed by atoms with Crippen molar-refractivity contribution in [2.45, 2.75) is 24.9 Å². The number of rotatable bonds is 5. The molecule has 8 nitrogen and oxygen atoms in total. The standard InChI is InChI=1S/C21H19F3N4O4S/c1-2-32-18(29)15-17(25-19(30)26-20(15,31)21(22,23)24)13-11-28(12-7-4-3-5-8-12)27-16(13)14-9-6-10-33-14/h3-11,15,17,31H,2H2,1H3,(H2,25,26,30). The Bertz CT molecular complexity index is 1150. The summed E-state index contributed by atoms with van der Waals surface area (Å²) in [6, 6.07) is 9.38. The molecule has 3 aromatic rings. The van der Waals surface area contributed by atoms with Gasteiger partial charge in [0.15, 0.2) is 0 Å². The van der Waals surface area contributed by atoms with E-state index < -0.39 is 35.9 Å². The van der Waals surface area contributed by atoms with Gasteiger partial charge < -0.3 is 20.5 Å². The zero-order valence-corrected chi connectivity index (χ0v) is 18.0. The number of ether oxygens (including phenoxy) is 1. The third-order valence-corrected chi connectivity index (χ3v) is 6.08. The first kappa shape index (κ1) is 22.8. The van der Waals surface area contributed by atoms with E-state index >= 15 is 0 Å². The number of aromatic nitrogens is 2. The summed E-state index contributed by atoms with van der Waals surface area (Å²) in [5, 5.41) is 20.7. The number of urea groups is 1. The lowest BCUT2D eigenvalue weighted by Gasteiger charge is -2.44. The molecule has 0 radical (unpaired) electrons. The van der Waals surface area contributed by atoms with Crippen LogP contribution >= 0.6 is 11.3 Å². The molecule has 1 fully saturated rings. The van der Waals surface area contributed by atoms with Crippen molar-refractivity contribution in [3.63, 3.8) is 0 Å². The second-order valence-corrected chi connectivity index (χ2v) is 8.21. The number of carbonyl (C=O) groups is 2. The fourth-order valence-electron chi connectivity index (χ4n) is 3.73. The number of nitrogens with one attached hydrogen (secondary N) is 2. The van der Waals surface area contributed by atoms with Gasteiger partial charge in [0.05, 0.1) is 23.2 Å². The Morgan fingerprint density at radius 2 is 2.00 bits per heavy atom. The van der Waals surface area contributed by atoms with Crippen LogP contribution in [0.25, 0.3) is 16.3 Å². The first-order chi connectivity index (χ1) is 15.7. The van der Waals surface area contributed by atoms with Crippen LogP contribution in [0.3, 0.4) is 0 Å². The molecular weight excluding hydrogens is 461 g/mol. The molecule has 0 saturated carbocycles. The van der Waals surface area contributed by atoms with E-state index in [0.29, 0.717) is 10.6 Å². The monoisotopic (exact) mass is 480 g/mol. The van der Waals surface area contributed by atoms with Gasteiger partial charge in [0.25, 0.3) is 5.72 Å². The molecule has 174 valence electrons. The summed E-state index contributed by atoms with van der Waals surface area (Å²) in [7, 11) is 0. The number of thiophene rings is 1. The van der Waals surface area contributed by atoms with Crippen molar-refractivity contribution in [2.75, 3.05) is 6.61 Å². The van der Waals surface area contributed by atoms with Crippen LogP contribution in [0.5, 0.6) is 0 Å². The number of nitrogens with zero attached hydrogens (tertiary/aromatic N) is 2. The first-order valence-corrected chi connectivity index (χ1v) is 10.8. The topological polar surface area (TPSA) is 105 Å². The molecule has 3 N–H and O–H groups in total. The van der Waals surface area contributed by atoms with E-state index in [-0.39, 0.29) is 17.9 Å². The van der Waals surface area contributed by atoms with Gasteiger partial charge in [0, 0.05) is 11.8 Å². The summed E-state index contributed by atoms with van der Waals surface area (Å²) >= 11 is 1.28. The second-order valence-electron chi connectivity index (χ2n) is 7.26. The largest absolute Gasteiger partial charge is 0.466 e. The van der Waals surface area contributed by atoms with Crippen LogP contribution in [0.4, 0.5) is 18.0 Å². The van der Waals surface area contributed by atoms with Crippen LogP contribution in [0.1, 0.15) is 18.5 Å². The molecule has 4 rings (SSSR count). The van der Waals surface area contributed by atoms with Crippen LogP contribution in [-0.4, -0.2) is 45.4 Å². The van der Waals surface area contributed by atoms with Crippen molar-refractivity contribution in [3.8, 4) is 16.3 Å². The molecule has 1 saturated heterocycles. The molecule has 0 bridgehead atoms. The Hall–Kier alpha value is -3.38. The van der Waals surface area contributed by atoms with Crippen molar-refractivity contribution in [1.29, 1.82) is 0 Å². The summed E-state index contributed by atoms with van der Waals surface area (Å²) in [5.41, 5.74) is -2.86. The van der Waals surface area contributed by atoms with Gasteiger partial charge in [-0.15, -0.1) is 11.3 Å². The van der Waals surface area contributed by atoms with Gasteiger partial charge in [-0.1, -0.05) is 24.3 Å². The third-order valence-electron chi connectivity index (χ3n) is 5.20. The SMILES string of the molecule is CCOC(=O)C1C(c2cn(-c3ccccc3)nc2-c2cccs2)NC(=O)NC1(O)C(F)(F)F. The molecule has 3 atom stereocenters. The minimum absolute atomic E-state index is 0.122. The number of hydrogen-bond donors (Lipinski definition) is 3. The molecule has 3 heterocycles. The van der Waals surface area contributed by atoms with Crippen molar-refractivity contribution in [3.05, 3.63) is 59.6 Å². The number of benzene rings is 1. The van der Waals surface area contributed by atoms with E-state index in [1.54, 1.807) is 47.8 Å². The Labute approximate surface area is 190 Å². The van der Waals surface area contributed by atoms with Gasteiger partial charge in [-0.3, -0.25) is 4.79 Å². The van der Waals surface area contributed by atoms with Crippen molar-refractivity contribution in [1.82, 2.24) is 20.4 Å². The molecule has 0 aliphatic carbocycles. The predicted octanol–water partition coefficient (Wildman–Crippen LogP) is 3.38. The molecule has 1 aliphatic heterocycles. The summed E-state index contributed by atoms with van der Waals surface area (Å²) < 4.78 is 48.2. The normalized spacial score (nSPS) is 23.0. The van der Waals surface area contributed by atoms with Gasteiger partial charge in [0.2, 0.25) is 0 Å². The Morgan fingerprint density at radius 1 is 1.27 bits per heavy atom. The summed E-state index contributed by atoms with van der Waals surface area (Å²) in [6.07, 6.45) is -3.93. The fraction of sp³-hybridized carbons (Fsp3) is 0.286. The lowest BCUT2D eigenvalue weighted by atomic mass is 9.82. The number of carbonyl (C=O) groups excluding carboxylic acids is 2. The molecule has 0 spiro atoms. The maximum atomic E-state index is 14.0. The van der Waals surface area contributed by atoms with Crippen LogP contribution < -0.4 is 10.6 Å². The predicted molar refractivity (Wildman–Crippen MR) is 112 cm³/mol. The Kier molecular flexibility index (Phi) is 5.89. The first-order valence-electron chi connectivity index (χ1n) is 9.89. The number of esters is 1. The van der Waals surface area contributed by atoms with E-state index in [2.05, 4.69) is 10.4 Å². The molecule has 33 heavy (non-hydrogen) atoms. The highest BCUT2D eigenvalue weighted by atomic mass is 32.1. The number of amides is 2. The van der Waals surface area contributed by atoms with E-state index in [1.165, 1.54) is 34.5 Å². The van der Waals surface area contributed by atoms with Crippen molar-refractivity contribution >= 4 is 23.3 Å². The number of alkyl halides is 3. The van der Waals surface area contributed by atoms with Gasteiger partial charge in [-0.2, -0.15) is 18.3 Å². The minimum atomic E-state index is -5.36. The van der Waals surface area contributed by atoms with E-state index in [9.17, 15) is 27.9 Å². The van der Waals surface area contributed by atoms with Crippen LogP contribution in [0, 0.1) is 5.92 Å². The zero-order chi connectivity index (χ0) is 23.8. The molecule has 3 unspecified atom stereocenters. The van der Waals surface area contributed by atoms with Gasteiger partial charge in [0.1, 0.15) is 11.6 Å². The second kappa shape index (κ2) is 8.52. The van der Waals surface area contributed by atoms with Crippen LogP contribution in [0.2, 0.25) is 0 Å². The Balaban J connectivity index is 1.92. The highest BCUT2D eigenvalue weighted by molar-refractivity contribution is 7.13. The minimum Gasteiger partial charge on any atom is -0.466 e. The summed E-state index contributed by atoms with van der Waals surface area (Å²) in [5.74, 6) is -3.55. The van der Waals surface area contributed by atoms with Gasteiger partial charge in [-0.25, -0.2) is 9.48 Å². The van der Waals surface area contributed by atoms with Gasteiger partial charge >= 0.3 is 18.2 Å². The van der Waals surface area contributed by atoms with Crippen molar-refractivity contribution < 1.29 is 32.6 Å². The maximum Gasteiger partial charge on any atom is 0.437 e.